The number of ether oxygens (including phenoxy) is 1. The Morgan fingerprint density at radius 3 is 2.57 bits per heavy atom. The van der Waals surface area contributed by atoms with Crippen LogP contribution >= 0.6 is 0 Å². The van der Waals surface area contributed by atoms with Crippen molar-refractivity contribution < 1.29 is 9.53 Å². The van der Waals surface area contributed by atoms with Gasteiger partial charge in [-0.3, -0.25) is 4.79 Å². The molecule has 1 aliphatic heterocycles. The lowest BCUT2D eigenvalue weighted by atomic mass is 9.90. The van der Waals surface area contributed by atoms with Crippen molar-refractivity contribution >= 4 is 5.78 Å². The molecule has 0 radical (unpaired) electrons. The van der Waals surface area contributed by atoms with Crippen molar-refractivity contribution in [2.75, 3.05) is 26.7 Å². The van der Waals surface area contributed by atoms with Gasteiger partial charge in [0.2, 0.25) is 0 Å². The van der Waals surface area contributed by atoms with Crippen molar-refractivity contribution in [2.24, 2.45) is 11.8 Å². The molecule has 0 amide bonds. The van der Waals surface area contributed by atoms with E-state index in [1.54, 1.807) is 0 Å². The highest BCUT2D eigenvalue weighted by molar-refractivity contribution is 5.85. The molecule has 14 heavy (non-hydrogen) atoms. The number of nitrogens with zero attached hydrogens (tertiary/aromatic N) is 1. The van der Waals surface area contributed by atoms with Crippen LogP contribution < -0.4 is 0 Å². The number of carbonyl (C=O) groups excluding carboxylic acids is 1. The Hall–Kier alpha value is -0.410. The molecule has 1 aliphatic rings. The lowest BCUT2D eigenvalue weighted by molar-refractivity contribution is -0.140. The van der Waals surface area contributed by atoms with E-state index in [1.807, 2.05) is 14.0 Å². The van der Waals surface area contributed by atoms with Gasteiger partial charge in [0.15, 0.2) is 5.78 Å². The van der Waals surface area contributed by atoms with Crippen LogP contribution in [-0.4, -0.2) is 43.5 Å². The fourth-order valence-electron chi connectivity index (χ4n) is 1.57. The summed E-state index contributed by atoms with van der Waals surface area (Å²) in [5.41, 5.74) is 0. The van der Waals surface area contributed by atoms with Gasteiger partial charge in [-0.05, 0) is 13.0 Å². The zero-order chi connectivity index (χ0) is 10.7. The number of ketones is 1. The Morgan fingerprint density at radius 2 is 2.07 bits per heavy atom. The van der Waals surface area contributed by atoms with Crippen molar-refractivity contribution in [1.82, 2.24) is 4.90 Å². The van der Waals surface area contributed by atoms with Crippen LogP contribution in [0.5, 0.6) is 0 Å². The summed E-state index contributed by atoms with van der Waals surface area (Å²) in [6.07, 6.45) is -0.203. The van der Waals surface area contributed by atoms with Crippen LogP contribution in [0.2, 0.25) is 0 Å². The molecular formula is C11H21NO2. The first kappa shape index (κ1) is 11.7. The molecule has 2 unspecified atom stereocenters. The van der Waals surface area contributed by atoms with Crippen LogP contribution in [0.4, 0.5) is 0 Å². The second kappa shape index (κ2) is 4.89. The predicted molar refractivity (Wildman–Crippen MR) is 56.2 cm³/mol. The molecule has 0 spiro atoms. The summed E-state index contributed by atoms with van der Waals surface area (Å²) in [4.78, 5) is 14.1. The summed E-state index contributed by atoms with van der Waals surface area (Å²) < 4.78 is 5.49. The van der Waals surface area contributed by atoms with Gasteiger partial charge in [0.25, 0.3) is 0 Å². The van der Waals surface area contributed by atoms with Crippen molar-refractivity contribution in [2.45, 2.75) is 26.9 Å². The Kier molecular flexibility index (Phi) is 4.08. The summed E-state index contributed by atoms with van der Waals surface area (Å²) in [5.74, 6) is 0.761. The minimum atomic E-state index is -0.203. The van der Waals surface area contributed by atoms with Crippen molar-refractivity contribution in [3.8, 4) is 0 Å². The first-order chi connectivity index (χ1) is 6.52. The number of carbonyl (C=O) groups is 1. The molecule has 1 fully saturated rings. The molecule has 82 valence electrons. The maximum atomic E-state index is 11.9. The molecule has 3 nitrogen and oxygen atoms in total. The van der Waals surface area contributed by atoms with Gasteiger partial charge < -0.3 is 9.64 Å². The van der Waals surface area contributed by atoms with E-state index in [2.05, 4.69) is 18.7 Å². The second-order valence-electron chi connectivity index (χ2n) is 4.56. The first-order valence-electron chi connectivity index (χ1n) is 5.36. The van der Waals surface area contributed by atoms with Crippen molar-refractivity contribution in [3.05, 3.63) is 0 Å². The molecular weight excluding hydrogens is 178 g/mol. The molecule has 2 atom stereocenters. The third-order valence-corrected chi connectivity index (χ3v) is 3.04. The quantitative estimate of drug-likeness (QED) is 0.683. The van der Waals surface area contributed by atoms with Crippen LogP contribution in [0, 0.1) is 11.8 Å². The van der Waals surface area contributed by atoms with Gasteiger partial charge in [0.05, 0.1) is 6.61 Å². The lowest BCUT2D eigenvalue weighted by Gasteiger charge is -2.31. The zero-order valence-corrected chi connectivity index (χ0v) is 9.62. The molecule has 0 aromatic carbocycles. The molecule has 0 aliphatic carbocycles. The third-order valence-electron chi connectivity index (χ3n) is 3.04. The monoisotopic (exact) mass is 199 g/mol. The van der Waals surface area contributed by atoms with Crippen LogP contribution in [0.1, 0.15) is 20.8 Å². The second-order valence-corrected chi connectivity index (χ2v) is 4.56. The number of likely N-dealkylation sites (N-methyl/N-ethyl adjacent to an activating group) is 1. The fourth-order valence-corrected chi connectivity index (χ4v) is 1.57. The molecule has 0 aromatic heterocycles. The van der Waals surface area contributed by atoms with E-state index in [0.29, 0.717) is 12.5 Å². The third kappa shape index (κ3) is 2.79. The molecule has 0 aromatic rings. The lowest BCUT2D eigenvalue weighted by Crippen LogP contribution is -2.46. The van der Waals surface area contributed by atoms with E-state index < -0.39 is 0 Å². The average molecular weight is 199 g/mol. The number of hydrogen-bond donors (Lipinski definition) is 0. The predicted octanol–water partition coefficient (Wildman–Crippen LogP) is 1.18. The SMILES string of the molecule is CC(C)C(C)C(=O)C1CN(C)CCO1. The van der Waals surface area contributed by atoms with Gasteiger partial charge in [-0.2, -0.15) is 0 Å². The molecule has 0 N–H and O–H groups in total. The largest absolute Gasteiger partial charge is 0.368 e. The number of Topliss-reactive ketones (excluding diaryl/α,β-unsaturated/α-hetero) is 1. The maximum Gasteiger partial charge on any atom is 0.165 e. The van der Waals surface area contributed by atoms with Crippen LogP contribution in [-0.2, 0) is 9.53 Å². The van der Waals surface area contributed by atoms with Gasteiger partial charge in [-0.1, -0.05) is 20.8 Å². The van der Waals surface area contributed by atoms with Gasteiger partial charge in [0, 0.05) is 19.0 Å². The Labute approximate surface area is 86.4 Å². The Morgan fingerprint density at radius 1 is 1.43 bits per heavy atom. The highest BCUT2D eigenvalue weighted by atomic mass is 16.5. The molecule has 0 bridgehead atoms. The van der Waals surface area contributed by atoms with E-state index >= 15 is 0 Å². The summed E-state index contributed by atoms with van der Waals surface area (Å²) in [5, 5.41) is 0. The minimum absolute atomic E-state index is 0.103. The van der Waals surface area contributed by atoms with Gasteiger partial charge in [-0.15, -0.1) is 0 Å². The van der Waals surface area contributed by atoms with Crippen molar-refractivity contribution in [1.29, 1.82) is 0 Å². The standard InChI is InChI=1S/C11H21NO2/c1-8(2)9(3)11(13)10-7-12(4)5-6-14-10/h8-10H,5-7H2,1-4H3. The van der Waals surface area contributed by atoms with E-state index in [9.17, 15) is 4.79 Å². The van der Waals surface area contributed by atoms with Crippen LogP contribution in [0.3, 0.4) is 0 Å². The molecule has 1 heterocycles. The summed E-state index contributed by atoms with van der Waals surface area (Å²) >= 11 is 0. The fraction of sp³-hybridized carbons (Fsp3) is 0.909. The number of hydrogen-bond acceptors (Lipinski definition) is 3. The van der Waals surface area contributed by atoms with E-state index in [4.69, 9.17) is 4.74 Å². The smallest absolute Gasteiger partial charge is 0.165 e. The van der Waals surface area contributed by atoms with Crippen LogP contribution in [0.15, 0.2) is 0 Å². The highest BCUT2D eigenvalue weighted by Crippen LogP contribution is 2.16. The molecule has 1 rings (SSSR count). The van der Waals surface area contributed by atoms with E-state index in [1.165, 1.54) is 0 Å². The molecule has 3 heteroatoms. The van der Waals surface area contributed by atoms with Crippen LogP contribution in [0.25, 0.3) is 0 Å². The van der Waals surface area contributed by atoms with Gasteiger partial charge in [-0.25, -0.2) is 0 Å². The summed E-state index contributed by atoms with van der Waals surface area (Å²) in [6, 6.07) is 0. The number of rotatable bonds is 3. The Bertz CT molecular complexity index is 203. The van der Waals surface area contributed by atoms with Gasteiger partial charge in [0.1, 0.15) is 6.10 Å². The normalized spacial score (nSPS) is 26.5. The molecule has 0 saturated carbocycles. The highest BCUT2D eigenvalue weighted by Gasteiger charge is 2.29. The molecule has 1 saturated heterocycles. The first-order valence-corrected chi connectivity index (χ1v) is 5.36. The Balaban J connectivity index is 2.51. The average Bonchev–Trinajstić information content (AvgIpc) is 2.15. The number of morpholine rings is 1. The van der Waals surface area contributed by atoms with E-state index in [0.717, 1.165) is 13.1 Å². The van der Waals surface area contributed by atoms with Gasteiger partial charge >= 0.3 is 0 Å². The summed E-state index contributed by atoms with van der Waals surface area (Å²) in [6.45, 7) is 8.50. The maximum absolute atomic E-state index is 11.9. The summed E-state index contributed by atoms with van der Waals surface area (Å²) in [7, 11) is 2.03. The minimum Gasteiger partial charge on any atom is -0.368 e. The van der Waals surface area contributed by atoms with E-state index in [-0.39, 0.29) is 17.8 Å². The zero-order valence-electron chi connectivity index (χ0n) is 9.62. The van der Waals surface area contributed by atoms with Crippen molar-refractivity contribution in [3.63, 3.8) is 0 Å². The topological polar surface area (TPSA) is 29.5 Å².